The lowest BCUT2D eigenvalue weighted by atomic mass is 9.97. The predicted molar refractivity (Wildman–Crippen MR) is 136 cm³/mol. The molecule has 40 heavy (non-hydrogen) atoms. The molecule has 0 radical (unpaired) electrons. The van der Waals surface area contributed by atoms with Crippen LogP contribution in [-0.4, -0.2) is 59.9 Å². The third-order valence-corrected chi connectivity index (χ3v) is 6.11. The summed E-state index contributed by atoms with van der Waals surface area (Å²) in [5.74, 6) is -2.12. The summed E-state index contributed by atoms with van der Waals surface area (Å²) in [7, 11) is 0. The molecule has 2 aliphatic heterocycles. The van der Waals surface area contributed by atoms with Gasteiger partial charge in [-0.25, -0.2) is 9.18 Å². The molecule has 2 N–H and O–H groups in total. The van der Waals surface area contributed by atoms with E-state index in [0.29, 0.717) is 6.42 Å². The number of carbonyl (C=O) groups excluding carboxylic acids is 3. The SMILES string of the molecule is CC(C)(C)OC(=O)N1C[C@@H](NC(=O)COc2ccc(Cl)c(F)c2)CC[C@@H]1C(=O)Nc1ccc2c(c1)OC(F)(F)O2. The average molecular weight is 586 g/mol. The quantitative estimate of drug-likeness (QED) is 0.505. The number of rotatable bonds is 6. The van der Waals surface area contributed by atoms with Crippen LogP contribution in [0.1, 0.15) is 33.6 Å². The molecule has 2 aliphatic rings. The van der Waals surface area contributed by atoms with Crippen molar-refractivity contribution in [2.24, 2.45) is 0 Å². The van der Waals surface area contributed by atoms with Crippen molar-refractivity contribution in [2.75, 3.05) is 18.5 Å². The topological polar surface area (TPSA) is 115 Å². The summed E-state index contributed by atoms with van der Waals surface area (Å²) in [6, 6.07) is 6.01. The monoisotopic (exact) mass is 585 g/mol. The molecule has 1 fully saturated rings. The Hall–Kier alpha value is -3.87. The fraction of sp³-hybridized carbons (Fsp3) is 0.423. The molecule has 3 amide bonds. The highest BCUT2D eigenvalue weighted by Gasteiger charge is 2.44. The number of likely N-dealkylation sites (tertiary alicyclic amines) is 1. The van der Waals surface area contributed by atoms with Crippen LogP contribution in [0.4, 0.5) is 23.7 Å². The lowest BCUT2D eigenvalue weighted by Gasteiger charge is -2.39. The van der Waals surface area contributed by atoms with Gasteiger partial charge in [0.1, 0.15) is 23.2 Å². The average Bonchev–Trinajstić information content (AvgIpc) is 3.16. The molecule has 10 nitrogen and oxygen atoms in total. The van der Waals surface area contributed by atoms with Crippen molar-refractivity contribution in [2.45, 2.75) is 57.6 Å². The molecule has 0 spiro atoms. The predicted octanol–water partition coefficient (Wildman–Crippen LogP) is 4.70. The molecule has 0 aromatic heterocycles. The van der Waals surface area contributed by atoms with Gasteiger partial charge in [-0.1, -0.05) is 11.6 Å². The summed E-state index contributed by atoms with van der Waals surface area (Å²) in [5.41, 5.74) is -0.709. The van der Waals surface area contributed by atoms with Gasteiger partial charge in [-0.2, -0.15) is 0 Å². The van der Waals surface area contributed by atoms with Gasteiger partial charge in [0.2, 0.25) is 5.91 Å². The number of nitrogens with zero attached hydrogens (tertiary/aromatic N) is 1. The van der Waals surface area contributed by atoms with E-state index in [1.807, 2.05) is 0 Å². The van der Waals surface area contributed by atoms with E-state index in [1.54, 1.807) is 20.8 Å². The molecule has 2 aromatic carbocycles. The van der Waals surface area contributed by atoms with Crippen LogP contribution in [0.15, 0.2) is 36.4 Å². The van der Waals surface area contributed by atoms with Gasteiger partial charge in [0, 0.05) is 30.4 Å². The summed E-state index contributed by atoms with van der Waals surface area (Å²) in [6.07, 6.45) is -4.10. The van der Waals surface area contributed by atoms with E-state index in [9.17, 15) is 27.6 Å². The zero-order chi connectivity index (χ0) is 29.2. The van der Waals surface area contributed by atoms with Crippen molar-refractivity contribution in [1.29, 1.82) is 0 Å². The Morgan fingerprint density at radius 2 is 1.82 bits per heavy atom. The number of nitrogens with one attached hydrogen (secondary N) is 2. The fourth-order valence-electron chi connectivity index (χ4n) is 4.12. The molecule has 2 atom stereocenters. The van der Waals surface area contributed by atoms with Gasteiger partial charge >= 0.3 is 12.4 Å². The number of alkyl halides is 2. The lowest BCUT2D eigenvalue weighted by molar-refractivity contribution is -0.286. The Labute approximate surface area is 232 Å². The molecule has 2 heterocycles. The summed E-state index contributed by atoms with van der Waals surface area (Å²) >= 11 is 5.64. The second kappa shape index (κ2) is 11.3. The highest BCUT2D eigenvalue weighted by atomic mass is 35.5. The van der Waals surface area contributed by atoms with Crippen molar-refractivity contribution in [3.8, 4) is 17.2 Å². The molecular weight excluding hydrogens is 559 g/mol. The van der Waals surface area contributed by atoms with Gasteiger partial charge in [0.25, 0.3) is 5.91 Å². The van der Waals surface area contributed by atoms with E-state index < -0.39 is 54.3 Å². The van der Waals surface area contributed by atoms with Crippen molar-refractivity contribution in [1.82, 2.24) is 10.2 Å². The zero-order valence-corrected chi connectivity index (χ0v) is 22.5. The molecular formula is C26H27ClF3N3O7. The first-order valence-corrected chi connectivity index (χ1v) is 12.6. The molecule has 0 saturated carbocycles. The van der Waals surface area contributed by atoms with Crippen LogP contribution < -0.4 is 24.8 Å². The highest BCUT2D eigenvalue weighted by molar-refractivity contribution is 6.30. The molecule has 0 aliphatic carbocycles. The molecule has 0 unspecified atom stereocenters. The highest BCUT2D eigenvalue weighted by Crippen LogP contribution is 2.42. The maximum atomic E-state index is 13.6. The third-order valence-electron chi connectivity index (χ3n) is 5.81. The number of piperidine rings is 1. The molecule has 216 valence electrons. The van der Waals surface area contributed by atoms with Crippen molar-refractivity contribution in [3.05, 3.63) is 47.2 Å². The number of benzene rings is 2. The number of hydrogen-bond donors (Lipinski definition) is 2. The first-order valence-electron chi connectivity index (χ1n) is 12.3. The van der Waals surface area contributed by atoms with E-state index in [0.717, 1.165) is 6.07 Å². The van der Waals surface area contributed by atoms with E-state index in [1.165, 1.54) is 35.2 Å². The maximum absolute atomic E-state index is 13.6. The Morgan fingerprint density at radius 1 is 1.10 bits per heavy atom. The van der Waals surface area contributed by atoms with E-state index in [2.05, 4.69) is 20.1 Å². The summed E-state index contributed by atoms with van der Waals surface area (Å²) in [5, 5.41) is 5.26. The smallest absolute Gasteiger partial charge is 0.484 e. The first kappa shape index (κ1) is 29.1. The van der Waals surface area contributed by atoms with Crippen LogP contribution in [0.3, 0.4) is 0 Å². The number of anilines is 1. The van der Waals surface area contributed by atoms with Crippen LogP contribution >= 0.6 is 11.6 Å². The Bertz CT molecular complexity index is 1300. The van der Waals surface area contributed by atoms with Crippen molar-refractivity contribution in [3.63, 3.8) is 0 Å². The number of ether oxygens (including phenoxy) is 4. The summed E-state index contributed by atoms with van der Waals surface area (Å²) in [4.78, 5) is 39.9. The minimum absolute atomic E-state index is 0.0539. The molecule has 0 bridgehead atoms. The molecule has 2 aromatic rings. The van der Waals surface area contributed by atoms with Crippen LogP contribution in [0.25, 0.3) is 0 Å². The summed E-state index contributed by atoms with van der Waals surface area (Å²) in [6.45, 7) is 4.53. The van der Waals surface area contributed by atoms with Gasteiger partial charge in [-0.05, 0) is 57.9 Å². The number of fused-ring (bicyclic) bond motifs is 1. The minimum Gasteiger partial charge on any atom is -0.484 e. The van der Waals surface area contributed by atoms with Crippen LogP contribution in [0.5, 0.6) is 17.2 Å². The van der Waals surface area contributed by atoms with Gasteiger partial charge in [0.15, 0.2) is 18.1 Å². The van der Waals surface area contributed by atoms with Crippen molar-refractivity contribution < 1.29 is 46.5 Å². The Balaban J connectivity index is 1.40. The van der Waals surface area contributed by atoms with E-state index >= 15 is 0 Å². The van der Waals surface area contributed by atoms with Crippen LogP contribution in [0, 0.1) is 5.82 Å². The van der Waals surface area contributed by atoms with E-state index in [-0.39, 0.29) is 40.9 Å². The maximum Gasteiger partial charge on any atom is 0.586 e. The zero-order valence-electron chi connectivity index (χ0n) is 21.8. The third kappa shape index (κ3) is 7.40. The number of hydrogen-bond acceptors (Lipinski definition) is 7. The number of halogens is 4. The van der Waals surface area contributed by atoms with Gasteiger partial charge < -0.3 is 29.6 Å². The largest absolute Gasteiger partial charge is 0.586 e. The van der Waals surface area contributed by atoms with Crippen LogP contribution in [0.2, 0.25) is 5.02 Å². The first-order chi connectivity index (χ1) is 18.7. The van der Waals surface area contributed by atoms with E-state index in [4.69, 9.17) is 21.1 Å². The minimum atomic E-state index is -3.81. The fourth-order valence-corrected chi connectivity index (χ4v) is 4.24. The second-order valence-corrected chi connectivity index (χ2v) is 10.6. The van der Waals surface area contributed by atoms with Gasteiger partial charge in [-0.3, -0.25) is 14.5 Å². The van der Waals surface area contributed by atoms with Gasteiger partial charge in [-0.15, -0.1) is 8.78 Å². The summed E-state index contributed by atoms with van der Waals surface area (Å²) < 4.78 is 59.9. The van der Waals surface area contributed by atoms with Gasteiger partial charge in [0.05, 0.1) is 5.02 Å². The second-order valence-electron chi connectivity index (χ2n) is 10.2. The Kier molecular flexibility index (Phi) is 8.24. The Morgan fingerprint density at radius 3 is 2.52 bits per heavy atom. The molecule has 14 heteroatoms. The number of carbonyl (C=O) groups is 3. The lowest BCUT2D eigenvalue weighted by Crippen LogP contribution is -2.58. The van der Waals surface area contributed by atoms with Crippen molar-refractivity contribution >= 4 is 35.2 Å². The standard InChI is InChI=1S/C26H27ClF3N3O7/c1-25(2,3)40-24(36)33-12-15(31-22(34)13-37-16-6-7-17(27)18(28)11-16)4-8-19(33)23(35)32-14-5-9-20-21(10-14)39-26(29,30)38-20/h5-7,9-11,15,19H,4,8,12-13H2,1-3H3,(H,31,34)(H,32,35)/t15-,19+/m0/s1. The number of amides is 3. The molecule has 1 saturated heterocycles. The molecule has 4 rings (SSSR count). The van der Waals surface area contributed by atoms with Crippen LogP contribution in [-0.2, 0) is 14.3 Å². The normalized spacial score (nSPS) is 19.5.